The van der Waals surface area contributed by atoms with E-state index in [-0.39, 0.29) is 40.7 Å². The number of allylic oxidation sites excluding steroid dienone is 4. The molecule has 0 aliphatic heterocycles. The van der Waals surface area contributed by atoms with Gasteiger partial charge in [-0.15, -0.1) is 0 Å². The average Bonchev–Trinajstić information content (AvgIpc) is 2.99. The fourth-order valence-electron chi connectivity index (χ4n) is 8.73. The van der Waals surface area contributed by atoms with Gasteiger partial charge in [0.1, 0.15) is 5.78 Å². The first-order valence-corrected chi connectivity index (χ1v) is 12.3. The molecule has 0 bridgehead atoms. The first kappa shape index (κ1) is 23.4. The van der Waals surface area contributed by atoms with Gasteiger partial charge in [0.15, 0.2) is 5.78 Å². The van der Waals surface area contributed by atoms with Crippen LogP contribution in [-0.4, -0.2) is 33.9 Å². The Balaban J connectivity index is 1.67. The topological polar surface area (TPSA) is 91.7 Å². The van der Waals surface area contributed by atoms with Crippen LogP contribution in [0.5, 0.6) is 0 Å². The number of hydrogen-bond donors (Lipinski definition) is 2. The molecule has 0 aromatic carbocycles. The summed E-state index contributed by atoms with van der Waals surface area (Å²) in [4.78, 5) is 36.2. The summed E-state index contributed by atoms with van der Waals surface area (Å²) >= 11 is 0. The van der Waals surface area contributed by atoms with E-state index in [1.807, 2.05) is 6.08 Å². The Bertz CT molecular complexity index is 886. The second-order valence-corrected chi connectivity index (χ2v) is 11.5. The summed E-state index contributed by atoms with van der Waals surface area (Å²) in [5, 5.41) is 20.6. The first-order chi connectivity index (χ1) is 15.0. The van der Waals surface area contributed by atoms with E-state index >= 15 is 0 Å². The van der Waals surface area contributed by atoms with Crippen LogP contribution in [0.4, 0.5) is 0 Å². The van der Waals surface area contributed by atoms with Crippen molar-refractivity contribution >= 4 is 17.5 Å². The molecule has 4 aliphatic carbocycles. The van der Waals surface area contributed by atoms with Crippen LogP contribution in [0, 0.1) is 39.9 Å². The normalized spacial score (nSPS) is 45.0. The van der Waals surface area contributed by atoms with Crippen molar-refractivity contribution in [2.45, 2.75) is 85.2 Å². The highest BCUT2D eigenvalue weighted by molar-refractivity contribution is 6.01. The summed E-state index contributed by atoms with van der Waals surface area (Å²) in [7, 11) is 0. The molecule has 0 unspecified atom stereocenters. The van der Waals surface area contributed by atoms with Gasteiger partial charge in [-0.1, -0.05) is 38.8 Å². The number of carbonyl (C=O) groups excluding carboxylic acids is 2. The second kappa shape index (κ2) is 7.93. The summed E-state index contributed by atoms with van der Waals surface area (Å²) in [6.45, 7) is 8.30. The van der Waals surface area contributed by atoms with Crippen LogP contribution in [0.2, 0.25) is 0 Å². The third-order valence-electron chi connectivity index (χ3n) is 10.1. The van der Waals surface area contributed by atoms with Gasteiger partial charge in [0.05, 0.1) is 6.10 Å². The molecule has 8 atom stereocenters. The van der Waals surface area contributed by atoms with Gasteiger partial charge in [-0.05, 0) is 80.8 Å². The Labute approximate surface area is 191 Å². The monoisotopic (exact) mass is 442 g/mol. The number of carbonyl (C=O) groups is 3. The zero-order valence-electron chi connectivity index (χ0n) is 19.9. The number of ketones is 2. The Morgan fingerprint density at radius 2 is 1.94 bits per heavy atom. The van der Waals surface area contributed by atoms with Gasteiger partial charge in [-0.2, -0.15) is 0 Å². The molecule has 5 nitrogen and oxygen atoms in total. The maximum Gasteiger partial charge on any atom is 0.303 e. The summed E-state index contributed by atoms with van der Waals surface area (Å²) in [6.07, 6.45) is 10.5. The maximum absolute atomic E-state index is 13.2. The maximum atomic E-state index is 13.2. The van der Waals surface area contributed by atoms with Crippen molar-refractivity contribution in [1.29, 1.82) is 0 Å². The quantitative estimate of drug-likeness (QED) is 0.580. The number of aliphatic hydroxyl groups excluding tert-OH is 1. The number of Topliss-reactive ketones (excluding diaryl/α,β-unsaturated/α-hetero) is 1. The van der Waals surface area contributed by atoms with Crippen molar-refractivity contribution < 1.29 is 24.6 Å². The fourth-order valence-corrected chi connectivity index (χ4v) is 8.73. The molecule has 0 saturated heterocycles. The van der Waals surface area contributed by atoms with E-state index in [4.69, 9.17) is 5.11 Å². The van der Waals surface area contributed by atoms with E-state index in [9.17, 15) is 19.5 Å². The lowest BCUT2D eigenvalue weighted by molar-refractivity contribution is -0.158. The van der Waals surface area contributed by atoms with Crippen molar-refractivity contribution in [3.05, 3.63) is 23.8 Å². The Morgan fingerprint density at radius 3 is 2.59 bits per heavy atom. The summed E-state index contributed by atoms with van der Waals surface area (Å²) in [6, 6.07) is 0. The summed E-state index contributed by atoms with van der Waals surface area (Å²) in [5.41, 5.74) is 0.0628. The molecule has 4 rings (SSSR count). The lowest BCUT2D eigenvalue weighted by Gasteiger charge is -2.61. The lowest BCUT2D eigenvalue weighted by atomic mass is 9.43. The lowest BCUT2D eigenvalue weighted by Crippen LogP contribution is -2.59. The molecular formula is C27H38O5. The number of carboxylic acids is 1. The van der Waals surface area contributed by atoms with Crippen LogP contribution in [0.15, 0.2) is 23.8 Å². The zero-order valence-corrected chi connectivity index (χ0v) is 19.9. The van der Waals surface area contributed by atoms with Gasteiger partial charge in [0.2, 0.25) is 0 Å². The van der Waals surface area contributed by atoms with Crippen LogP contribution in [0.25, 0.3) is 0 Å². The summed E-state index contributed by atoms with van der Waals surface area (Å²) in [5.74, 6) is 0.429. The number of unbranched alkanes of at least 4 members (excludes halogenated alkanes) is 1. The summed E-state index contributed by atoms with van der Waals surface area (Å²) < 4.78 is 0. The molecule has 5 heteroatoms. The average molecular weight is 443 g/mol. The third-order valence-corrected chi connectivity index (χ3v) is 10.1. The molecule has 32 heavy (non-hydrogen) atoms. The van der Waals surface area contributed by atoms with Crippen LogP contribution in [-0.2, 0) is 14.4 Å². The molecule has 0 heterocycles. The van der Waals surface area contributed by atoms with Crippen LogP contribution >= 0.6 is 0 Å². The van der Waals surface area contributed by atoms with Crippen molar-refractivity contribution in [1.82, 2.24) is 0 Å². The number of fused-ring (bicyclic) bond motifs is 5. The van der Waals surface area contributed by atoms with Gasteiger partial charge in [0, 0.05) is 23.2 Å². The molecule has 0 aromatic heterocycles. The Kier molecular flexibility index (Phi) is 5.80. The molecular weight excluding hydrogens is 404 g/mol. The predicted molar refractivity (Wildman–Crippen MR) is 122 cm³/mol. The zero-order chi connectivity index (χ0) is 23.5. The van der Waals surface area contributed by atoms with E-state index in [1.54, 1.807) is 19.1 Å². The van der Waals surface area contributed by atoms with Crippen LogP contribution in [0.3, 0.4) is 0 Å². The molecule has 3 fully saturated rings. The Morgan fingerprint density at radius 1 is 1.22 bits per heavy atom. The van der Waals surface area contributed by atoms with Crippen molar-refractivity contribution in [2.24, 2.45) is 39.9 Å². The smallest absolute Gasteiger partial charge is 0.303 e. The number of hydrogen-bond acceptors (Lipinski definition) is 4. The van der Waals surface area contributed by atoms with Crippen LogP contribution < -0.4 is 0 Å². The van der Waals surface area contributed by atoms with E-state index in [1.165, 1.54) is 0 Å². The van der Waals surface area contributed by atoms with E-state index in [2.05, 4.69) is 20.8 Å². The minimum absolute atomic E-state index is 0.0377. The van der Waals surface area contributed by atoms with Crippen molar-refractivity contribution in [3.63, 3.8) is 0 Å². The van der Waals surface area contributed by atoms with Gasteiger partial charge < -0.3 is 10.2 Å². The molecule has 2 N–H and O–H groups in total. The molecule has 0 spiro atoms. The molecule has 0 aromatic rings. The number of rotatable bonds is 6. The van der Waals surface area contributed by atoms with Gasteiger partial charge in [-0.3, -0.25) is 14.4 Å². The van der Waals surface area contributed by atoms with E-state index in [0.717, 1.165) is 31.3 Å². The SMILES string of the molecule is CC(=O)[C@@]1(CCCCC(=O)O)CC[C@H]2[C@@H]3C[C@H](C)C4=CC(=O)C=C[C@]4(C)[C@H]3[C@@H](O)C[C@@]21C. The van der Waals surface area contributed by atoms with Gasteiger partial charge >= 0.3 is 5.97 Å². The largest absolute Gasteiger partial charge is 0.481 e. The fraction of sp³-hybridized carbons (Fsp3) is 0.741. The highest BCUT2D eigenvalue weighted by Gasteiger charge is 2.67. The highest BCUT2D eigenvalue weighted by Crippen LogP contribution is 2.71. The molecule has 4 aliphatic rings. The molecule has 3 saturated carbocycles. The van der Waals surface area contributed by atoms with Gasteiger partial charge in [0.25, 0.3) is 0 Å². The third kappa shape index (κ3) is 3.26. The number of carboxylic acid groups (broad SMARTS) is 1. The Hall–Kier alpha value is -1.75. The van der Waals surface area contributed by atoms with Crippen molar-refractivity contribution in [2.75, 3.05) is 0 Å². The molecule has 176 valence electrons. The van der Waals surface area contributed by atoms with Crippen molar-refractivity contribution in [3.8, 4) is 0 Å². The van der Waals surface area contributed by atoms with Gasteiger partial charge in [-0.25, -0.2) is 0 Å². The minimum Gasteiger partial charge on any atom is -0.481 e. The molecule has 0 radical (unpaired) electrons. The number of aliphatic hydroxyl groups is 1. The second-order valence-electron chi connectivity index (χ2n) is 11.5. The highest BCUT2D eigenvalue weighted by atomic mass is 16.4. The molecule has 0 amide bonds. The standard InChI is InChI=1S/C27H38O5/c1-16-13-19-20-9-12-27(17(2)28,10-6-5-7-23(31)32)26(20,4)15-22(30)24(19)25(3)11-8-18(29)14-21(16)25/h8,11,14,16,19-20,22,24,30H,5-7,9-10,12-13,15H2,1-4H3,(H,31,32)/t16-,19-,20-,22-,24+,25-,26-,27+/m0/s1. The predicted octanol–water partition coefficient (Wildman–Crippen LogP) is 4.73. The van der Waals surface area contributed by atoms with E-state index in [0.29, 0.717) is 31.1 Å². The van der Waals surface area contributed by atoms with E-state index < -0.39 is 17.5 Å². The first-order valence-electron chi connectivity index (χ1n) is 12.3. The minimum atomic E-state index is -0.791. The number of aliphatic carboxylic acids is 1. The van der Waals surface area contributed by atoms with Crippen LogP contribution in [0.1, 0.15) is 79.1 Å².